The van der Waals surface area contributed by atoms with E-state index in [0.29, 0.717) is 11.7 Å². The van der Waals surface area contributed by atoms with Gasteiger partial charge in [0.2, 0.25) is 5.89 Å². The van der Waals surface area contributed by atoms with Gasteiger partial charge >= 0.3 is 5.97 Å². The number of aromatic carboxylic acids is 1. The highest BCUT2D eigenvalue weighted by Gasteiger charge is 2.12. The van der Waals surface area contributed by atoms with Crippen molar-refractivity contribution in [2.24, 2.45) is 0 Å². The maximum atomic E-state index is 10.7. The van der Waals surface area contributed by atoms with Gasteiger partial charge in [0.15, 0.2) is 11.5 Å². The molecule has 0 bridgehead atoms. The number of aromatic nitrogens is 2. The molecule has 3 aromatic rings. The highest BCUT2D eigenvalue weighted by molar-refractivity contribution is 5.86. The van der Waals surface area contributed by atoms with E-state index in [2.05, 4.69) is 10.1 Å². The third-order valence-corrected chi connectivity index (χ3v) is 2.76. The summed E-state index contributed by atoms with van der Waals surface area (Å²) in [5.41, 5.74) is 2.26. The van der Waals surface area contributed by atoms with Crippen LogP contribution in [0, 0.1) is 6.92 Å². The summed E-state index contributed by atoms with van der Waals surface area (Å²) in [5, 5.41) is 12.3. The Kier molecular flexibility index (Phi) is 2.83. The Bertz CT molecular complexity index is 756. The van der Waals surface area contributed by atoms with Crippen LogP contribution in [0.3, 0.4) is 0 Å². The molecule has 0 fully saturated rings. The Morgan fingerprint density at radius 2 is 1.90 bits per heavy atom. The van der Waals surface area contributed by atoms with Gasteiger partial charge < -0.3 is 14.0 Å². The molecule has 1 aromatic carbocycles. The number of rotatable bonds is 3. The molecular weight excluding hydrogens is 260 g/mol. The van der Waals surface area contributed by atoms with E-state index in [1.165, 1.54) is 6.07 Å². The Morgan fingerprint density at radius 1 is 1.20 bits per heavy atom. The number of oxazole rings is 1. The Balaban J connectivity index is 1.90. The van der Waals surface area contributed by atoms with Crippen LogP contribution in [-0.4, -0.2) is 21.2 Å². The van der Waals surface area contributed by atoms with Crippen LogP contribution in [0.1, 0.15) is 16.2 Å². The predicted molar refractivity (Wildman–Crippen MR) is 69.1 cm³/mol. The Labute approximate surface area is 113 Å². The van der Waals surface area contributed by atoms with Crippen molar-refractivity contribution in [2.45, 2.75) is 6.92 Å². The van der Waals surface area contributed by atoms with E-state index in [1.807, 2.05) is 19.1 Å². The summed E-state index contributed by atoms with van der Waals surface area (Å²) in [6, 6.07) is 8.61. The molecule has 2 heterocycles. The van der Waals surface area contributed by atoms with E-state index in [9.17, 15) is 4.79 Å². The smallest absolute Gasteiger partial charge is 0.358 e. The molecule has 0 unspecified atom stereocenters. The van der Waals surface area contributed by atoms with Crippen molar-refractivity contribution < 1.29 is 18.8 Å². The number of carbonyl (C=O) groups is 1. The first kappa shape index (κ1) is 12.2. The summed E-state index contributed by atoms with van der Waals surface area (Å²) >= 11 is 0. The molecule has 0 aliphatic rings. The van der Waals surface area contributed by atoms with Crippen molar-refractivity contribution in [1.82, 2.24) is 10.1 Å². The van der Waals surface area contributed by atoms with Crippen LogP contribution in [-0.2, 0) is 0 Å². The number of aryl methyl sites for hydroxylation is 1. The first-order chi connectivity index (χ1) is 9.63. The Hall–Kier alpha value is -2.89. The summed E-state index contributed by atoms with van der Waals surface area (Å²) < 4.78 is 10.3. The van der Waals surface area contributed by atoms with Crippen molar-refractivity contribution in [3.8, 4) is 22.8 Å². The maximum Gasteiger partial charge on any atom is 0.358 e. The zero-order valence-corrected chi connectivity index (χ0v) is 10.5. The lowest BCUT2D eigenvalue weighted by Gasteiger charge is -1.97. The topological polar surface area (TPSA) is 89.4 Å². The van der Waals surface area contributed by atoms with Gasteiger partial charge in [0.25, 0.3) is 0 Å². The number of benzene rings is 1. The number of nitrogens with zero attached hydrogens (tertiary/aromatic N) is 2. The summed E-state index contributed by atoms with van der Waals surface area (Å²) in [6.07, 6.45) is 1.58. The van der Waals surface area contributed by atoms with Gasteiger partial charge in [-0.3, -0.25) is 0 Å². The van der Waals surface area contributed by atoms with Gasteiger partial charge in [-0.1, -0.05) is 17.3 Å². The molecule has 0 aliphatic carbocycles. The van der Waals surface area contributed by atoms with Gasteiger partial charge in [-0.05, 0) is 19.1 Å². The van der Waals surface area contributed by atoms with Gasteiger partial charge in [-0.15, -0.1) is 0 Å². The zero-order valence-electron chi connectivity index (χ0n) is 10.5. The SMILES string of the molecule is Cc1coc(-c2ccc(-c3cc(C(=O)O)no3)cc2)n1. The van der Waals surface area contributed by atoms with Crippen molar-refractivity contribution >= 4 is 5.97 Å². The average Bonchev–Trinajstić information content (AvgIpc) is 3.08. The van der Waals surface area contributed by atoms with Crippen molar-refractivity contribution in [3.63, 3.8) is 0 Å². The first-order valence-electron chi connectivity index (χ1n) is 5.86. The minimum atomic E-state index is -1.12. The lowest BCUT2D eigenvalue weighted by atomic mass is 10.1. The predicted octanol–water partition coefficient (Wildman–Crippen LogP) is 3.00. The molecule has 0 saturated heterocycles. The number of carboxylic acid groups (broad SMARTS) is 1. The van der Waals surface area contributed by atoms with Crippen molar-refractivity contribution in [2.75, 3.05) is 0 Å². The molecule has 1 N–H and O–H groups in total. The van der Waals surface area contributed by atoms with Gasteiger partial charge in [-0.2, -0.15) is 0 Å². The zero-order chi connectivity index (χ0) is 14.1. The maximum absolute atomic E-state index is 10.7. The molecule has 100 valence electrons. The highest BCUT2D eigenvalue weighted by Crippen LogP contribution is 2.25. The van der Waals surface area contributed by atoms with Crippen LogP contribution < -0.4 is 0 Å². The minimum absolute atomic E-state index is 0.118. The fourth-order valence-corrected chi connectivity index (χ4v) is 1.78. The largest absolute Gasteiger partial charge is 0.476 e. The minimum Gasteiger partial charge on any atom is -0.476 e. The van der Waals surface area contributed by atoms with Gasteiger partial charge in [-0.25, -0.2) is 9.78 Å². The van der Waals surface area contributed by atoms with Crippen LogP contribution in [0.25, 0.3) is 22.8 Å². The molecule has 6 nitrogen and oxygen atoms in total. The van der Waals surface area contributed by atoms with Crippen molar-refractivity contribution in [1.29, 1.82) is 0 Å². The molecule has 20 heavy (non-hydrogen) atoms. The van der Waals surface area contributed by atoms with E-state index < -0.39 is 5.97 Å². The molecule has 0 saturated carbocycles. The highest BCUT2D eigenvalue weighted by atomic mass is 16.5. The average molecular weight is 270 g/mol. The molecule has 0 amide bonds. The Morgan fingerprint density at radius 3 is 2.45 bits per heavy atom. The van der Waals surface area contributed by atoms with Crippen molar-refractivity contribution in [3.05, 3.63) is 48.0 Å². The number of hydrogen-bond donors (Lipinski definition) is 1. The van der Waals surface area contributed by atoms with Crippen LogP contribution in [0.4, 0.5) is 0 Å². The summed E-state index contributed by atoms with van der Waals surface area (Å²) in [7, 11) is 0. The third-order valence-electron chi connectivity index (χ3n) is 2.76. The van der Waals surface area contributed by atoms with Gasteiger partial charge in [0.05, 0.1) is 5.69 Å². The normalized spacial score (nSPS) is 10.7. The molecule has 0 atom stereocenters. The van der Waals surface area contributed by atoms with E-state index in [-0.39, 0.29) is 5.69 Å². The standard InChI is InChI=1S/C14H10N2O4/c1-8-7-19-13(15-8)10-4-2-9(3-5-10)12-6-11(14(17)18)16-20-12/h2-7H,1H3,(H,17,18). The van der Waals surface area contributed by atoms with Crippen LogP contribution in [0.2, 0.25) is 0 Å². The van der Waals surface area contributed by atoms with E-state index in [4.69, 9.17) is 14.0 Å². The van der Waals surface area contributed by atoms with Gasteiger partial charge in [0, 0.05) is 17.2 Å². The van der Waals surface area contributed by atoms with E-state index in [1.54, 1.807) is 18.4 Å². The molecule has 2 aromatic heterocycles. The lowest BCUT2D eigenvalue weighted by molar-refractivity contribution is 0.0686. The van der Waals surface area contributed by atoms with Gasteiger partial charge in [0.1, 0.15) is 6.26 Å². The molecule has 3 rings (SSSR count). The molecule has 0 radical (unpaired) electrons. The second-order valence-electron chi connectivity index (χ2n) is 4.25. The van der Waals surface area contributed by atoms with E-state index in [0.717, 1.165) is 16.8 Å². The van der Waals surface area contributed by atoms with Crippen LogP contribution in [0.5, 0.6) is 0 Å². The summed E-state index contributed by atoms with van der Waals surface area (Å²) in [4.78, 5) is 15.0. The number of hydrogen-bond acceptors (Lipinski definition) is 5. The molecular formula is C14H10N2O4. The van der Waals surface area contributed by atoms with E-state index >= 15 is 0 Å². The van der Waals surface area contributed by atoms with Crippen LogP contribution >= 0.6 is 0 Å². The third kappa shape index (κ3) is 2.18. The quantitative estimate of drug-likeness (QED) is 0.786. The second-order valence-corrected chi connectivity index (χ2v) is 4.25. The second kappa shape index (κ2) is 4.65. The molecule has 0 spiro atoms. The van der Waals surface area contributed by atoms with Crippen LogP contribution in [0.15, 0.2) is 45.5 Å². The first-order valence-corrected chi connectivity index (χ1v) is 5.86. The number of carboxylic acids is 1. The summed E-state index contributed by atoms with van der Waals surface area (Å²) in [6.45, 7) is 1.85. The summed E-state index contributed by atoms with van der Waals surface area (Å²) in [5.74, 6) is -0.178. The monoisotopic (exact) mass is 270 g/mol. The fraction of sp³-hybridized carbons (Fsp3) is 0.0714. The molecule has 0 aliphatic heterocycles. The lowest BCUT2D eigenvalue weighted by Crippen LogP contribution is -1.94. The fourth-order valence-electron chi connectivity index (χ4n) is 1.78. The molecule has 6 heteroatoms.